The summed E-state index contributed by atoms with van der Waals surface area (Å²) < 4.78 is 12.4. The van der Waals surface area contributed by atoms with Crippen LogP contribution >= 0.6 is 0 Å². The van der Waals surface area contributed by atoms with Crippen molar-refractivity contribution in [3.63, 3.8) is 0 Å². The normalized spacial score (nSPS) is 10.8. The number of methoxy groups -OCH3 is 1. The molecule has 0 unspecified atom stereocenters. The third kappa shape index (κ3) is 3.55. The van der Waals surface area contributed by atoms with Gasteiger partial charge in [-0.25, -0.2) is 9.36 Å². The minimum absolute atomic E-state index is 0.0225. The quantitative estimate of drug-likeness (QED) is 0.306. The lowest BCUT2D eigenvalue weighted by Gasteiger charge is -2.05. The zero-order valence-electron chi connectivity index (χ0n) is 15.3. The van der Waals surface area contributed by atoms with Crippen LogP contribution in [0.5, 0.6) is 5.75 Å². The molecule has 138 valence electrons. The fourth-order valence-corrected chi connectivity index (χ4v) is 3.14. The van der Waals surface area contributed by atoms with E-state index in [4.69, 9.17) is 9.15 Å². The maximum Gasteiger partial charge on any atom is 0.336 e. The van der Waals surface area contributed by atoms with Crippen LogP contribution in [-0.2, 0) is 6.54 Å². The van der Waals surface area contributed by atoms with Gasteiger partial charge in [0.25, 0.3) is 0 Å². The Balaban J connectivity index is 1.63. The summed E-state index contributed by atoms with van der Waals surface area (Å²) in [5, 5.41) is 0.845. The Kier molecular flexibility index (Phi) is 4.72. The fourth-order valence-electron chi connectivity index (χ4n) is 3.14. The van der Waals surface area contributed by atoms with Crippen LogP contribution in [0.2, 0.25) is 0 Å². The van der Waals surface area contributed by atoms with Crippen molar-refractivity contribution in [2.24, 2.45) is 0 Å². The topological polar surface area (TPSA) is 60.4 Å². The molecule has 5 nitrogen and oxygen atoms in total. The molecule has 4 aromatic rings. The summed E-state index contributed by atoms with van der Waals surface area (Å²) in [6.07, 6.45) is 3.67. The number of fused-ring (bicyclic) bond motifs is 1. The van der Waals surface area contributed by atoms with Gasteiger partial charge in [0, 0.05) is 46.3 Å². The van der Waals surface area contributed by atoms with E-state index in [0.717, 1.165) is 10.9 Å². The van der Waals surface area contributed by atoms with E-state index in [1.165, 1.54) is 6.07 Å². The molecule has 0 bridgehead atoms. The van der Waals surface area contributed by atoms with Crippen molar-refractivity contribution in [2.45, 2.75) is 6.54 Å². The number of carbonyl (C=O) groups excluding carboxylic acids is 1. The number of hydrogen-bond acceptors (Lipinski definition) is 4. The van der Waals surface area contributed by atoms with Gasteiger partial charge in [0.2, 0.25) is 0 Å². The lowest BCUT2D eigenvalue weighted by Crippen LogP contribution is -2.34. The standard InChI is InChI=1S/C23H18NO4/c1-27-19-7-8-20-18(13-22(25)28-21(20)14-19)15-24-11-9-17(10-12-24)23(26)16-5-3-2-4-6-16/h2-14H,15H2,1H3/q+1. The van der Waals surface area contributed by atoms with Crippen LogP contribution in [0, 0.1) is 0 Å². The Morgan fingerprint density at radius 1 is 0.964 bits per heavy atom. The molecule has 0 N–H and O–H groups in total. The number of ether oxygens (including phenoxy) is 1. The van der Waals surface area contributed by atoms with Crippen molar-refractivity contribution in [1.29, 1.82) is 0 Å². The Morgan fingerprint density at radius 3 is 2.39 bits per heavy atom. The molecule has 0 aliphatic carbocycles. The zero-order valence-corrected chi connectivity index (χ0v) is 15.3. The van der Waals surface area contributed by atoms with Gasteiger partial charge < -0.3 is 9.15 Å². The highest BCUT2D eigenvalue weighted by molar-refractivity contribution is 6.08. The average Bonchev–Trinajstić information content (AvgIpc) is 2.74. The summed E-state index contributed by atoms with van der Waals surface area (Å²) >= 11 is 0. The molecule has 2 aromatic heterocycles. The van der Waals surface area contributed by atoms with Crippen molar-refractivity contribution < 1.29 is 18.5 Å². The highest BCUT2D eigenvalue weighted by Crippen LogP contribution is 2.22. The van der Waals surface area contributed by atoms with Crippen LogP contribution in [0.25, 0.3) is 11.0 Å². The zero-order chi connectivity index (χ0) is 19.5. The highest BCUT2D eigenvalue weighted by atomic mass is 16.5. The molecule has 0 radical (unpaired) electrons. The predicted molar refractivity (Wildman–Crippen MR) is 105 cm³/mol. The van der Waals surface area contributed by atoms with E-state index in [2.05, 4.69) is 0 Å². The summed E-state index contributed by atoms with van der Waals surface area (Å²) in [7, 11) is 1.57. The Hall–Kier alpha value is -3.73. The van der Waals surface area contributed by atoms with Gasteiger partial charge >= 0.3 is 5.63 Å². The molecule has 0 atom stereocenters. The molecule has 2 aromatic carbocycles. The number of hydrogen-bond donors (Lipinski definition) is 0. The number of nitrogens with zero attached hydrogens (tertiary/aromatic N) is 1. The first-order chi connectivity index (χ1) is 13.6. The second-order valence-corrected chi connectivity index (χ2v) is 6.41. The van der Waals surface area contributed by atoms with Crippen LogP contribution in [0.3, 0.4) is 0 Å². The molecular formula is C23H18NO4+. The lowest BCUT2D eigenvalue weighted by atomic mass is 10.0. The van der Waals surface area contributed by atoms with Crippen LogP contribution in [0.15, 0.2) is 88.3 Å². The summed E-state index contributed by atoms with van der Waals surface area (Å²) in [6.45, 7) is 0.480. The minimum Gasteiger partial charge on any atom is -0.497 e. The summed E-state index contributed by atoms with van der Waals surface area (Å²) in [5.41, 5.74) is 2.18. The Bertz CT molecular complexity index is 1190. The molecule has 0 aliphatic heterocycles. The summed E-state index contributed by atoms with van der Waals surface area (Å²) in [6, 6.07) is 19.6. The van der Waals surface area contributed by atoms with E-state index in [1.54, 1.807) is 37.4 Å². The second kappa shape index (κ2) is 7.48. The molecule has 0 aliphatic rings. The van der Waals surface area contributed by atoms with Gasteiger partial charge in [-0.1, -0.05) is 30.3 Å². The van der Waals surface area contributed by atoms with Crippen molar-refractivity contribution in [2.75, 3.05) is 7.11 Å². The molecule has 5 heteroatoms. The van der Waals surface area contributed by atoms with E-state index in [-0.39, 0.29) is 5.78 Å². The molecule has 4 rings (SSSR count). The SMILES string of the molecule is COc1ccc2c(C[n+]3ccc(C(=O)c4ccccc4)cc3)cc(=O)oc2c1. The van der Waals surface area contributed by atoms with Gasteiger partial charge in [-0.05, 0) is 12.1 Å². The fraction of sp³-hybridized carbons (Fsp3) is 0.0870. The second-order valence-electron chi connectivity index (χ2n) is 6.41. The third-order valence-corrected chi connectivity index (χ3v) is 4.58. The van der Waals surface area contributed by atoms with Crippen molar-refractivity contribution in [3.8, 4) is 5.75 Å². The number of carbonyl (C=O) groups is 1. The maximum absolute atomic E-state index is 12.5. The van der Waals surface area contributed by atoms with Crippen LogP contribution in [0.1, 0.15) is 21.5 Å². The van der Waals surface area contributed by atoms with Crippen molar-refractivity contribution in [1.82, 2.24) is 0 Å². The van der Waals surface area contributed by atoms with Crippen LogP contribution < -0.4 is 14.9 Å². The Labute approximate surface area is 161 Å². The van der Waals surface area contributed by atoms with Crippen molar-refractivity contribution in [3.05, 3.63) is 106 Å². The van der Waals surface area contributed by atoms with Gasteiger partial charge in [0.1, 0.15) is 11.3 Å². The highest BCUT2D eigenvalue weighted by Gasteiger charge is 2.13. The molecule has 0 amide bonds. The van der Waals surface area contributed by atoms with Gasteiger partial charge in [0.05, 0.1) is 7.11 Å². The van der Waals surface area contributed by atoms with Crippen LogP contribution in [0.4, 0.5) is 0 Å². The first-order valence-electron chi connectivity index (χ1n) is 8.84. The lowest BCUT2D eigenvalue weighted by molar-refractivity contribution is -0.688. The molecular weight excluding hydrogens is 354 g/mol. The molecule has 0 fully saturated rings. The van der Waals surface area contributed by atoms with Gasteiger partial charge in [-0.2, -0.15) is 0 Å². The Morgan fingerprint density at radius 2 is 1.68 bits per heavy atom. The first kappa shape index (κ1) is 17.7. The smallest absolute Gasteiger partial charge is 0.336 e. The number of aromatic nitrogens is 1. The predicted octanol–water partition coefficient (Wildman–Crippen LogP) is 3.37. The largest absolute Gasteiger partial charge is 0.497 e. The average molecular weight is 372 g/mol. The molecule has 0 spiro atoms. The van der Waals surface area contributed by atoms with Crippen molar-refractivity contribution >= 4 is 16.8 Å². The maximum atomic E-state index is 12.5. The first-order valence-corrected chi connectivity index (χ1v) is 8.84. The third-order valence-electron chi connectivity index (χ3n) is 4.58. The molecule has 0 saturated heterocycles. The summed E-state index contributed by atoms with van der Waals surface area (Å²) in [4.78, 5) is 24.5. The number of pyridine rings is 1. The van der Waals surface area contributed by atoms with E-state index < -0.39 is 5.63 Å². The number of ketones is 1. The van der Waals surface area contributed by atoms with E-state index in [9.17, 15) is 9.59 Å². The molecule has 2 heterocycles. The molecule has 28 heavy (non-hydrogen) atoms. The molecule has 0 saturated carbocycles. The van der Waals surface area contributed by atoms with E-state index in [0.29, 0.717) is 29.0 Å². The van der Waals surface area contributed by atoms with Gasteiger partial charge in [0.15, 0.2) is 24.7 Å². The number of benzene rings is 2. The van der Waals surface area contributed by atoms with E-state index >= 15 is 0 Å². The van der Waals surface area contributed by atoms with E-state index in [1.807, 2.05) is 47.3 Å². The van der Waals surface area contributed by atoms with Crippen LogP contribution in [-0.4, -0.2) is 12.9 Å². The monoisotopic (exact) mass is 372 g/mol. The summed E-state index contributed by atoms with van der Waals surface area (Å²) in [5.74, 6) is 0.606. The van der Waals surface area contributed by atoms with Gasteiger partial charge in [-0.15, -0.1) is 0 Å². The van der Waals surface area contributed by atoms with Gasteiger partial charge in [-0.3, -0.25) is 4.79 Å². The number of rotatable bonds is 5. The minimum atomic E-state index is -0.410.